The van der Waals surface area contributed by atoms with Crippen molar-refractivity contribution in [2.75, 3.05) is 0 Å². The Hall–Kier alpha value is -0.440. The monoisotopic (exact) mass is 202 g/mol. The molecule has 0 saturated heterocycles. The van der Waals surface area contributed by atoms with Crippen LogP contribution in [0, 0.1) is 0 Å². The Labute approximate surface area is 85.8 Å². The van der Waals surface area contributed by atoms with E-state index in [1.54, 1.807) is 0 Å². The van der Waals surface area contributed by atoms with Crippen molar-refractivity contribution in [2.45, 2.75) is 44.5 Å². The van der Waals surface area contributed by atoms with E-state index in [1.165, 1.54) is 18.9 Å². The number of hydrogen-bond acceptors (Lipinski definition) is 3. The van der Waals surface area contributed by atoms with Crippen LogP contribution in [0.25, 0.3) is 0 Å². The third kappa shape index (κ3) is 7.91. The number of hydrogen-bond donors (Lipinski definition) is 1. The van der Waals surface area contributed by atoms with E-state index in [9.17, 15) is 4.79 Å². The fourth-order valence-corrected chi connectivity index (χ4v) is 1.06. The van der Waals surface area contributed by atoms with Crippen LogP contribution in [0.15, 0.2) is 12.7 Å². The van der Waals surface area contributed by atoms with Crippen LogP contribution in [0.2, 0.25) is 0 Å². The third-order valence-electron chi connectivity index (χ3n) is 1.69. The first-order chi connectivity index (χ1) is 6.20. The Bertz CT molecular complexity index is 157. The maximum Gasteiger partial charge on any atom is 0.307 e. The molecule has 76 valence electrons. The Balaban J connectivity index is 3.35. The van der Waals surface area contributed by atoms with Crippen LogP contribution in [0.5, 0.6) is 0 Å². The molecule has 0 fully saturated rings. The quantitative estimate of drug-likeness (QED) is 0.226. The molecule has 0 aliphatic heterocycles. The van der Waals surface area contributed by atoms with Crippen molar-refractivity contribution >= 4 is 18.6 Å². The minimum absolute atomic E-state index is 0.184. The summed E-state index contributed by atoms with van der Waals surface area (Å²) in [5.74, 6) is -0.184. The van der Waals surface area contributed by atoms with Crippen molar-refractivity contribution in [3.8, 4) is 0 Å². The maximum absolute atomic E-state index is 11.1. The van der Waals surface area contributed by atoms with Gasteiger partial charge in [-0.2, -0.15) is 0 Å². The molecule has 0 spiro atoms. The van der Waals surface area contributed by atoms with Crippen molar-refractivity contribution in [1.29, 1.82) is 0 Å². The molecule has 0 amide bonds. The molecule has 3 heteroatoms. The van der Waals surface area contributed by atoms with Crippen molar-refractivity contribution in [2.24, 2.45) is 0 Å². The molecular weight excluding hydrogens is 184 g/mol. The van der Waals surface area contributed by atoms with Gasteiger partial charge in [-0.25, -0.2) is 0 Å². The molecule has 0 radical (unpaired) electrons. The van der Waals surface area contributed by atoms with E-state index in [0.29, 0.717) is 6.42 Å². The van der Waals surface area contributed by atoms with Gasteiger partial charge in [0.05, 0.1) is 0 Å². The SMILES string of the molecule is C=CC(S)OC(=O)CCCCCC. The lowest BCUT2D eigenvalue weighted by Crippen LogP contribution is -2.09. The maximum atomic E-state index is 11.1. The standard InChI is InChI=1S/C10H18O2S/c1-3-5-6-7-8-9(11)12-10(13)4-2/h4,10,13H,2-3,5-8H2,1H3. The summed E-state index contributed by atoms with van der Waals surface area (Å²) in [5.41, 5.74) is -0.460. The average molecular weight is 202 g/mol. The normalized spacial score (nSPS) is 12.2. The predicted octanol–water partition coefficient (Wildman–Crippen LogP) is 2.94. The summed E-state index contributed by atoms with van der Waals surface area (Å²) >= 11 is 3.97. The smallest absolute Gasteiger partial charge is 0.307 e. The molecule has 0 aliphatic rings. The molecule has 1 unspecified atom stereocenters. The molecule has 0 aromatic heterocycles. The molecule has 0 aromatic rings. The van der Waals surface area contributed by atoms with Gasteiger partial charge in [0.1, 0.15) is 0 Å². The molecule has 1 atom stereocenters. The zero-order valence-corrected chi connectivity index (χ0v) is 9.06. The van der Waals surface area contributed by atoms with E-state index in [1.807, 2.05) is 0 Å². The summed E-state index contributed by atoms with van der Waals surface area (Å²) < 4.78 is 4.89. The molecule has 13 heavy (non-hydrogen) atoms. The lowest BCUT2D eigenvalue weighted by atomic mass is 10.2. The minimum Gasteiger partial charge on any atom is -0.447 e. The van der Waals surface area contributed by atoms with E-state index in [4.69, 9.17) is 4.74 Å². The Morgan fingerprint density at radius 2 is 2.23 bits per heavy atom. The van der Waals surface area contributed by atoms with Crippen molar-refractivity contribution in [3.63, 3.8) is 0 Å². The van der Waals surface area contributed by atoms with E-state index >= 15 is 0 Å². The second-order valence-electron chi connectivity index (χ2n) is 2.93. The van der Waals surface area contributed by atoms with E-state index < -0.39 is 5.44 Å². The van der Waals surface area contributed by atoms with E-state index in [2.05, 4.69) is 26.1 Å². The van der Waals surface area contributed by atoms with Crippen molar-refractivity contribution in [1.82, 2.24) is 0 Å². The molecule has 0 rings (SSSR count). The summed E-state index contributed by atoms with van der Waals surface area (Å²) in [6.07, 6.45) is 6.34. The number of carbonyl (C=O) groups excluding carboxylic acids is 1. The summed E-state index contributed by atoms with van der Waals surface area (Å²) in [4.78, 5) is 11.1. The summed E-state index contributed by atoms with van der Waals surface area (Å²) in [6.45, 7) is 5.61. The van der Waals surface area contributed by atoms with Gasteiger partial charge in [0.25, 0.3) is 0 Å². The predicted molar refractivity (Wildman–Crippen MR) is 57.8 cm³/mol. The van der Waals surface area contributed by atoms with Gasteiger partial charge in [-0.15, -0.1) is 12.6 Å². The molecule has 0 aromatic carbocycles. The second kappa shape index (κ2) is 8.17. The van der Waals surface area contributed by atoms with Gasteiger partial charge in [0.15, 0.2) is 5.44 Å². The highest BCUT2D eigenvalue weighted by Crippen LogP contribution is 2.06. The van der Waals surface area contributed by atoms with Crippen LogP contribution < -0.4 is 0 Å². The van der Waals surface area contributed by atoms with Gasteiger partial charge in [-0.3, -0.25) is 4.79 Å². The highest BCUT2D eigenvalue weighted by atomic mass is 32.1. The second-order valence-corrected chi connectivity index (χ2v) is 3.44. The summed E-state index contributed by atoms with van der Waals surface area (Å²) in [7, 11) is 0. The van der Waals surface area contributed by atoms with Gasteiger partial charge >= 0.3 is 5.97 Å². The van der Waals surface area contributed by atoms with Crippen LogP contribution in [-0.4, -0.2) is 11.4 Å². The number of carbonyl (C=O) groups is 1. The first-order valence-corrected chi connectivity index (χ1v) is 5.22. The van der Waals surface area contributed by atoms with Crippen molar-refractivity contribution < 1.29 is 9.53 Å². The van der Waals surface area contributed by atoms with Crippen LogP contribution >= 0.6 is 12.6 Å². The third-order valence-corrected chi connectivity index (χ3v) is 2.00. The zero-order chi connectivity index (χ0) is 10.1. The highest BCUT2D eigenvalue weighted by molar-refractivity contribution is 7.81. The zero-order valence-electron chi connectivity index (χ0n) is 8.16. The molecule has 0 aliphatic carbocycles. The number of esters is 1. The van der Waals surface area contributed by atoms with Crippen molar-refractivity contribution in [3.05, 3.63) is 12.7 Å². The first kappa shape index (κ1) is 12.6. The molecule has 0 bridgehead atoms. The van der Waals surface area contributed by atoms with E-state index in [0.717, 1.165) is 12.8 Å². The molecule has 0 N–H and O–H groups in total. The highest BCUT2D eigenvalue weighted by Gasteiger charge is 2.05. The Kier molecular flexibility index (Phi) is 7.90. The van der Waals surface area contributed by atoms with Gasteiger partial charge in [0, 0.05) is 6.42 Å². The topological polar surface area (TPSA) is 26.3 Å². The minimum atomic E-state index is -0.460. The van der Waals surface area contributed by atoms with Crippen LogP contribution in [0.3, 0.4) is 0 Å². The first-order valence-electron chi connectivity index (χ1n) is 4.70. The molecular formula is C10H18O2S. The van der Waals surface area contributed by atoms with Gasteiger partial charge < -0.3 is 4.74 Å². The molecule has 2 nitrogen and oxygen atoms in total. The number of rotatable bonds is 7. The van der Waals surface area contributed by atoms with Crippen LogP contribution in [0.1, 0.15) is 39.0 Å². The fourth-order valence-electron chi connectivity index (χ4n) is 0.938. The summed E-state index contributed by atoms with van der Waals surface area (Å²) in [6, 6.07) is 0. The fraction of sp³-hybridized carbons (Fsp3) is 0.700. The van der Waals surface area contributed by atoms with Gasteiger partial charge in [-0.1, -0.05) is 32.8 Å². The van der Waals surface area contributed by atoms with Gasteiger partial charge in [0.2, 0.25) is 0 Å². The molecule has 0 saturated carbocycles. The summed E-state index contributed by atoms with van der Waals surface area (Å²) in [5, 5.41) is 0. The number of unbranched alkanes of at least 4 members (excludes halogenated alkanes) is 3. The Morgan fingerprint density at radius 3 is 2.77 bits per heavy atom. The number of thiol groups is 1. The molecule has 0 heterocycles. The van der Waals surface area contributed by atoms with Crippen LogP contribution in [-0.2, 0) is 9.53 Å². The Morgan fingerprint density at radius 1 is 1.54 bits per heavy atom. The van der Waals surface area contributed by atoms with E-state index in [-0.39, 0.29) is 5.97 Å². The lowest BCUT2D eigenvalue weighted by molar-refractivity contribution is -0.143. The number of ether oxygens (including phenoxy) is 1. The average Bonchev–Trinajstić information content (AvgIpc) is 2.12. The largest absolute Gasteiger partial charge is 0.447 e. The van der Waals surface area contributed by atoms with Crippen LogP contribution in [0.4, 0.5) is 0 Å². The lowest BCUT2D eigenvalue weighted by Gasteiger charge is -2.07. The van der Waals surface area contributed by atoms with Gasteiger partial charge in [-0.05, 0) is 12.5 Å².